The first-order valence-corrected chi connectivity index (χ1v) is 17.7. The number of hydrogen-bond donors (Lipinski definition) is 0. The van der Waals surface area contributed by atoms with Crippen LogP contribution in [0.2, 0.25) is 0 Å². The van der Waals surface area contributed by atoms with Crippen molar-refractivity contribution < 1.29 is 66.4 Å². The van der Waals surface area contributed by atoms with Gasteiger partial charge in [-0.3, -0.25) is 14.5 Å². The number of ether oxygens (including phenoxy) is 12. The molecule has 0 saturated heterocycles. The quantitative estimate of drug-likeness (QED) is 0.0551. The molecule has 0 bridgehead atoms. The van der Waals surface area contributed by atoms with Crippen LogP contribution in [0.3, 0.4) is 0 Å². The molecule has 0 spiro atoms. The number of imide groups is 1. The highest BCUT2D eigenvalue weighted by Crippen LogP contribution is 2.21. The summed E-state index contributed by atoms with van der Waals surface area (Å²) in [6, 6.07) is 6.81. The number of halogens is 1. The third-order valence-corrected chi connectivity index (χ3v) is 6.81. The van der Waals surface area contributed by atoms with Crippen LogP contribution in [0.4, 0.5) is 0 Å². The fraction of sp³-hybridized carbons (Fsp3) is 0.765. The van der Waals surface area contributed by atoms with Gasteiger partial charge in [0, 0.05) is 5.88 Å². The van der Waals surface area contributed by atoms with Gasteiger partial charge in [0.25, 0.3) is 11.8 Å². The average molecular weight is 738 g/mol. The minimum absolute atomic E-state index is 0.212. The van der Waals surface area contributed by atoms with Crippen LogP contribution in [0.15, 0.2) is 24.3 Å². The molecule has 288 valence electrons. The molecule has 50 heavy (non-hydrogen) atoms. The Kier molecular flexibility index (Phi) is 29.3. The lowest BCUT2D eigenvalue weighted by molar-refractivity contribution is -0.0283. The van der Waals surface area contributed by atoms with E-state index in [9.17, 15) is 9.59 Å². The number of hydrogen-bond acceptors (Lipinski definition) is 14. The highest BCUT2D eigenvalue weighted by atomic mass is 35.5. The van der Waals surface area contributed by atoms with Gasteiger partial charge in [-0.15, -0.1) is 11.6 Å². The molecule has 1 aliphatic rings. The molecule has 0 aromatic heterocycles. The molecule has 0 unspecified atom stereocenters. The lowest BCUT2D eigenvalue weighted by atomic mass is 10.1. The second-order valence-corrected chi connectivity index (χ2v) is 10.7. The van der Waals surface area contributed by atoms with E-state index in [2.05, 4.69) is 0 Å². The largest absolute Gasteiger partial charge is 0.378 e. The van der Waals surface area contributed by atoms with E-state index in [1.807, 2.05) is 0 Å². The maximum absolute atomic E-state index is 12.3. The Bertz CT molecular complexity index is 927. The number of carbonyl (C=O) groups excluding carboxylic acids is 2. The molecule has 2 amide bonds. The van der Waals surface area contributed by atoms with E-state index < -0.39 is 0 Å². The molecular weight excluding hydrogens is 682 g/mol. The predicted octanol–water partition coefficient (Wildman–Crippen LogP) is 1.72. The molecule has 0 fully saturated rings. The Labute approximate surface area is 300 Å². The van der Waals surface area contributed by atoms with Crippen LogP contribution in [0.25, 0.3) is 0 Å². The van der Waals surface area contributed by atoms with E-state index in [-0.39, 0.29) is 25.0 Å². The smallest absolute Gasteiger partial charge is 0.261 e. The number of amides is 2. The Morgan fingerprint density at radius 3 is 0.820 bits per heavy atom. The summed E-state index contributed by atoms with van der Waals surface area (Å²) >= 11 is 5.51. The van der Waals surface area contributed by atoms with Crippen molar-refractivity contribution in [1.82, 2.24) is 4.90 Å². The number of carbonyl (C=O) groups is 2. The summed E-state index contributed by atoms with van der Waals surface area (Å²) in [5, 5.41) is 0. The summed E-state index contributed by atoms with van der Waals surface area (Å²) in [7, 11) is 0. The number of nitrogens with zero attached hydrogens (tertiary/aromatic N) is 1. The maximum Gasteiger partial charge on any atom is 0.261 e. The number of fused-ring (bicyclic) bond motifs is 1. The molecule has 0 atom stereocenters. The SMILES string of the molecule is O=C1c2ccccc2C(=O)N1CCOCCOCCOCCOCCOCCOCCOCCOCCOCCOCCOCCOCCCl. The molecule has 0 aliphatic carbocycles. The minimum Gasteiger partial charge on any atom is -0.378 e. The van der Waals surface area contributed by atoms with Crippen LogP contribution in [0, 0.1) is 0 Å². The van der Waals surface area contributed by atoms with Gasteiger partial charge in [0.2, 0.25) is 0 Å². The number of alkyl halides is 1. The van der Waals surface area contributed by atoms with Crippen LogP contribution in [0.1, 0.15) is 20.7 Å². The third-order valence-electron chi connectivity index (χ3n) is 6.65. The molecular formula is C34H56ClNO14. The van der Waals surface area contributed by atoms with Gasteiger partial charge in [-0.05, 0) is 12.1 Å². The Balaban J connectivity index is 1.16. The van der Waals surface area contributed by atoms with E-state index in [1.54, 1.807) is 24.3 Å². The molecule has 16 heteroatoms. The van der Waals surface area contributed by atoms with Crippen LogP contribution in [-0.4, -0.2) is 188 Å². The summed E-state index contributed by atoms with van der Waals surface area (Å²) in [6.07, 6.45) is 0. The highest BCUT2D eigenvalue weighted by molar-refractivity contribution is 6.21. The fourth-order valence-electron chi connectivity index (χ4n) is 4.17. The van der Waals surface area contributed by atoms with Gasteiger partial charge in [0.15, 0.2) is 0 Å². The predicted molar refractivity (Wildman–Crippen MR) is 182 cm³/mol. The van der Waals surface area contributed by atoms with Gasteiger partial charge >= 0.3 is 0 Å². The lowest BCUT2D eigenvalue weighted by Gasteiger charge is -2.13. The van der Waals surface area contributed by atoms with Gasteiger partial charge in [-0.2, -0.15) is 0 Å². The monoisotopic (exact) mass is 737 g/mol. The summed E-state index contributed by atoms with van der Waals surface area (Å²) in [6.45, 7) is 11.6. The van der Waals surface area contributed by atoms with Crippen molar-refractivity contribution in [2.75, 3.05) is 171 Å². The Hall–Kier alpha value is -1.83. The highest BCUT2D eigenvalue weighted by Gasteiger charge is 2.34. The van der Waals surface area contributed by atoms with Crippen molar-refractivity contribution in [3.05, 3.63) is 35.4 Å². The van der Waals surface area contributed by atoms with Gasteiger partial charge in [0.05, 0.1) is 176 Å². The zero-order chi connectivity index (χ0) is 35.6. The van der Waals surface area contributed by atoms with Crippen LogP contribution in [-0.2, 0) is 56.8 Å². The normalized spacial score (nSPS) is 12.8. The van der Waals surface area contributed by atoms with E-state index in [1.165, 1.54) is 4.90 Å². The average Bonchev–Trinajstić information content (AvgIpc) is 3.37. The first kappa shape index (κ1) is 44.3. The summed E-state index contributed by atoms with van der Waals surface area (Å²) in [5.41, 5.74) is 0.881. The maximum atomic E-state index is 12.3. The molecule has 0 saturated carbocycles. The molecule has 15 nitrogen and oxygen atoms in total. The van der Waals surface area contributed by atoms with Gasteiger partial charge in [-0.1, -0.05) is 12.1 Å². The molecule has 2 rings (SSSR count). The molecule has 1 aromatic rings. The third kappa shape index (κ3) is 22.9. The Morgan fingerprint density at radius 1 is 0.360 bits per heavy atom. The van der Waals surface area contributed by atoms with E-state index in [0.29, 0.717) is 169 Å². The van der Waals surface area contributed by atoms with E-state index in [0.717, 1.165) is 0 Å². The molecule has 1 aliphatic heterocycles. The van der Waals surface area contributed by atoms with Crippen molar-refractivity contribution in [3.8, 4) is 0 Å². The summed E-state index contributed by atoms with van der Waals surface area (Å²) in [4.78, 5) is 25.8. The first-order valence-electron chi connectivity index (χ1n) is 17.2. The minimum atomic E-state index is -0.279. The topological polar surface area (TPSA) is 148 Å². The van der Waals surface area contributed by atoms with Gasteiger partial charge in [-0.25, -0.2) is 0 Å². The second-order valence-electron chi connectivity index (χ2n) is 10.3. The van der Waals surface area contributed by atoms with Crippen molar-refractivity contribution in [2.45, 2.75) is 0 Å². The van der Waals surface area contributed by atoms with Crippen LogP contribution in [0.5, 0.6) is 0 Å². The number of rotatable bonds is 38. The van der Waals surface area contributed by atoms with Crippen molar-refractivity contribution in [2.24, 2.45) is 0 Å². The molecule has 0 radical (unpaired) electrons. The summed E-state index contributed by atoms with van der Waals surface area (Å²) in [5.74, 6) is -0.0672. The van der Waals surface area contributed by atoms with E-state index in [4.69, 9.17) is 68.4 Å². The zero-order valence-electron chi connectivity index (χ0n) is 29.2. The summed E-state index contributed by atoms with van der Waals surface area (Å²) < 4.78 is 65.2. The molecule has 0 N–H and O–H groups in total. The van der Waals surface area contributed by atoms with Crippen molar-refractivity contribution in [3.63, 3.8) is 0 Å². The second kappa shape index (κ2) is 33.0. The van der Waals surface area contributed by atoms with Crippen LogP contribution >= 0.6 is 11.6 Å². The van der Waals surface area contributed by atoms with Crippen LogP contribution < -0.4 is 0 Å². The fourth-order valence-corrected chi connectivity index (χ4v) is 4.28. The van der Waals surface area contributed by atoms with Crippen molar-refractivity contribution >= 4 is 23.4 Å². The van der Waals surface area contributed by atoms with E-state index >= 15 is 0 Å². The first-order chi connectivity index (χ1) is 24.8. The molecule has 1 aromatic carbocycles. The lowest BCUT2D eigenvalue weighted by Crippen LogP contribution is -2.33. The zero-order valence-corrected chi connectivity index (χ0v) is 30.0. The van der Waals surface area contributed by atoms with Gasteiger partial charge in [0.1, 0.15) is 0 Å². The molecule has 1 heterocycles. The standard InChI is InChI=1S/C34H56ClNO14/c35-5-7-39-9-11-41-13-15-43-17-19-45-21-23-47-25-27-49-29-30-50-28-26-48-24-22-46-20-18-44-16-14-42-12-10-40-8-6-36-33(37)31-3-1-2-4-32(31)34(36)38/h1-4H,5-30H2. The number of benzene rings is 1. The van der Waals surface area contributed by atoms with Gasteiger partial charge < -0.3 is 56.8 Å². The Morgan fingerprint density at radius 2 is 0.580 bits per heavy atom. The van der Waals surface area contributed by atoms with Crippen molar-refractivity contribution in [1.29, 1.82) is 0 Å².